The third-order valence-corrected chi connectivity index (χ3v) is 6.52. The van der Waals surface area contributed by atoms with Gasteiger partial charge in [-0.2, -0.15) is 0 Å². The van der Waals surface area contributed by atoms with Crippen LogP contribution < -0.4 is 15.4 Å². The lowest BCUT2D eigenvalue weighted by molar-refractivity contribution is -0.115. The first kappa shape index (κ1) is 26.0. The van der Waals surface area contributed by atoms with Gasteiger partial charge >= 0.3 is 5.97 Å². The number of ether oxygens (including phenoxy) is 2. The van der Waals surface area contributed by atoms with Gasteiger partial charge in [0.1, 0.15) is 10.8 Å². The van der Waals surface area contributed by atoms with Crippen molar-refractivity contribution in [1.82, 2.24) is 0 Å². The summed E-state index contributed by atoms with van der Waals surface area (Å²) in [4.78, 5) is 38.9. The van der Waals surface area contributed by atoms with Crippen LogP contribution in [0, 0.1) is 20.8 Å². The van der Waals surface area contributed by atoms with Gasteiger partial charge in [-0.05, 0) is 69.5 Å². The zero-order valence-electron chi connectivity index (χ0n) is 20.6. The Kier molecular flexibility index (Phi) is 8.65. The second kappa shape index (κ2) is 11.7. The minimum atomic E-state index is -0.580. The minimum absolute atomic E-state index is 0.107. The number of esters is 1. The Bertz CT molecular complexity index is 1230. The summed E-state index contributed by atoms with van der Waals surface area (Å²) in [6.45, 7) is 9.93. The molecule has 0 aliphatic heterocycles. The van der Waals surface area contributed by atoms with E-state index in [0.717, 1.165) is 33.8 Å². The summed E-state index contributed by atoms with van der Waals surface area (Å²) in [5.41, 5.74) is 4.17. The lowest BCUT2D eigenvalue weighted by Gasteiger charge is -2.09. The molecule has 0 fully saturated rings. The quantitative estimate of drug-likeness (QED) is 0.373. The molecule has 1 aromatic heterocycles. The maximum Gasteiger partial charge on any atom is 0.341 e. The molecule has 0 aliphatic carbocycles. The van der Waals surface area contributed by atoms with Crippen molar-refractivity contribution in [2.45, 2.75) is 41.0 Å². The van der Waals surface area contributed by atoms with Crippen LogP contribution in [0.5, 0.6) is 5.75 Å². The third-order valence-electron chi connectivity index (χ3n) is 5.31. The average molecular weight is 495 g/mol. The van der Waals surface area contributed by atoms with Gasteiger partial charge in [-0.1, -0.05) is 29.8 Å². The molecular formula is C27H30N2O5S. The molecule has 3 rings (SSSR count). The maximum atomic E-state index is 13.1. The van der Waals surface area contributed by atoms with Gasteiger partial charge in [-0.15, -0.1) is 11.3 Å². The molecule has 1 heterocycles. The van der Waals surface area contributed by atoms with Gasteiger partial charge in [0.05, 0.1) is 30.1 Å². The van der Waals surface area contributed by atoms with E-state index in [-0.39, 0.29) is 30.4 Å². The van der Waals surface area contributed by atoms with Gasteiger partial charge in [-0.3, -0.25) is 9.59 Å². The predicted octanol–water partition coefficient (Wildman–Crippen LogP) is 5.68. The lowest BCUT2D eigenvalue weighted by Crippen LogP contribution is -2.16. The largest absolute Gasteiger partial charge is 0.494 e. The fourth-order valence-corrected chi connectivity index (χ4v) is 4.73. The van der Waals surface area contributed by atoms with Crippen molar-refractivity contribution in [2.75, 3.05) is 23.8 Å². The van der Waals surface area contributed by atoms with Gasteiger partial charge < -0.3 is 20.1 Å². The fraction of sp³-hybridized carbons (Fsp3) is 0.296. The number of carbonyl (C=O) groups is 3. The molecule has 2 aromatic carbocycles. The first-order valence-corrected chi connectivity index (χ1v) is 12.3. The van der Waals surface area contributed by atoms with Crippen molar-refractivity contribution >= 4 is 39.8 Å². The molecule has 0 spiro atoms. The molecule has 8 heteroatoms. The Morgan fingerprint density at radius 3 is 2.26 bits per heavy atom. The third kappa shape index (κ3) is 6.48. The molecule has 0 saturated carbocycles. The van der Waals surface area contributed by atoms with E-state index in [1.165, 1.54) is 0 Å². The van der Waals surface area contributed by atoms with Crippen molar-refractivity contribution in [3.63, 3.8) is 0 Å². The number of thiophene rings is 1. The number of aryl methyl sites for hydroxylation is 2. The molecular weight excluding hydrogens is 464 g/mol. The van der Waals surface area contributed by atoms with Gasteiger partial charge in [0.2, 0.25) is 5.91 Å². The van der Waals surface area contributed by atoms with E-state index in [2.05, 4.69) is 10.6 Å². The van der Waals surface area contributed by atoms with Crippen LogP contribution in [0.25, 0.3) is 0 Å². The average Bonchev–Trinajstić information content (AvgIpc) is 3.13. The number of benzene rings is 2. The Morgan fingerprint density at radius 1 is 0.914 bits per heavy atom. The zero-order valence-corrected chi connectivity index (χ0v) is 21.4. The molecule has 0 aliphatic rings. The molecule has 2 amide bonds. The van der Waals surface area contributed by atoms with Crippen LogP contribution in [0.2, 0.25) is 0 Å². The van der Waals surface area contributed by atoms with Crippen molar-refractivity contribution < 1.29 is 23.9 Å². The van der Waals surface area contributed by atoms with Gasteiger partial charge in [0, 0.05) is 5.69 Å². The second-order valence-corrected chi connectivity index (χ2v) is 9.08. The number of carbonyl (C=O) groups excluding carboxylic acids is 3. The summed E-state index contributed by atoms with van der Waals surface area (Å²) in [6.07, 6.45) is 0.107. The first-order chi connectivity index (χ1) is 16.7. The summed E-state index contributed by atoms with van der Waals surface area (Å²) in [7, 11) is 0. The Morgan fingerprint density at radius 2 is 1.63 bits per heavy atom. The van der Waals surface area contributed by atoms with Crippen LogP contribution in [0.3, 0.4) is 0 Å². The smallest absolute Gasteiger partial charge is 0.341 e. The van der Waals surface area contributed by atoms with E-state index in [1.807, 2.05) is 51.1 Å². The van der Waals surface area contributed by atoms with Crippen LogP contribution in [0.15, 0.2) is 42.5 Å². The SMILES string of the molecule is CCOC(=O)c1c(NC(=O)Cc2ccc(OCC)cc2)sc(C(=O)Nc2ccc(C)cc2C)c1C. The molecule has 2 N–H and O–H groups in total. The summed E-state index contributed by atoms with van der Waals surface area (Å²) < 4.78 is 10.6. The van der Waals surface area contributed by atoms with Crippen LogP contribution in [-0.2, 0) is 16.0 Å². The van der Waals surface area contributed by atoms with Crippen molar-refractivity contribution in [3.8, 4) is 5.75 Å². The standard InChI is InChI=1S/C27H30N2O5S/c1-6-33-20-11-9-19(10-12-20)15-22(30)29-26-23(27(32)34-7-2)18(5)24(35-26)25(31)28-21-13-8-16(3)14-17(21)4/h8-14H,6-7,15H2,1-5H3,(H,28,31)(H,29,30). The number of hydrogen-bond donors (Lipinski definition) is 2. The Balaban J connectivity index is 1.84. The molecule has 35 heavy (non-hydrogen) atoms. The maximum absolute atomic E-state index is 13.1. The van der Waals surface area contributed by atoms with Crippen LogP contribution in [0.1, 0.15) is 56.1 Å². The summed E-state index contributed by atoms with van der Waals surface area (Å²) >= 11 is 1.06. The molecule has 184 valence electrons. The molecule has 0 saturated heterocycles. The van der Waals surface area contributed by atoms with Crippen LogP contribution in [0.4, 0.5) is 10.7 Å². The number of rotatable bonds is 9. The number of hydrogen-bond acceptors (Lipinski definition) is 6. The molecule has 3 aromatic rings. The van der Waals surface area contributed by atoms with E-state index in [1.54, 1.807) is 26.0 Å². The normalized spacial score (nSPS) is 10.5. The monoisotopic (exact) mass is 494 g/mol. The minimum Gasteiger partial charge on any atom is -0.494 e. The van der Waals surface area contributed by atoms with Gasteiger partial charge in [0.25, 0.3) is 5.91 Å². The highest BCUT2D eigenvalue weighted by Gasteiger charge is 2.27. The fourth-order valence-electron chi connectivity index (χ4n) is 3.63. The zero-order chi connectivity index (χ0) is 25.5. The van der Waals surface area contributed by atoms with Crippen molar-refractivity contribution in [3.05, 3.63) is 75.2 Å². The van der Waals surface area contributed by atoms with E-state index in [0.29, 0.717) is 27.7 Å². The summed E-state index contributed by atoms with van der Waals surface area (Å²) in [6, 6.07) is 13.0. The highest BCUT2D eigenvalue weighted by Crippen LogP contribution is 2.35. The number of nitrogens with one attached hydrogen (secondary N) is 2. The van der Waals surface area contributed by atoms with Crippen LogP contribution in [-0.4, -0.2) is 31.0 Å². The highest BCUT2D eigenvalue weighted by atomic mass is 32.1. The molecule has 7 nitrogen and oxygen atoms in total. The van der Waals surface area contributed by atoms with E-state index < -0.39 is 5.97 Å². The molecule has 0 atom stereocenters. The second-order valence-electron chi connectivity index (χ2n) is 8.06. The van der Waals surface area contributed by atoms with E-state index in [9.17, 15) is 14.4 Å². The van der Waals surface area contributed by atoms with Crippen molar-refractivity contribution in [2.24, 2.45) is 0 Å². The van der Waals surface area contributed by atoms with Gasteiger partial charge in [-0.25, -0.2) is 4.79 Å². The predicted molar refractivity (Wildman–Crippen MR) is 139 cm³/mol. The topological polar surface area (TPSA) is 93.7 Å². The molecule has 0 unspecified atom stereocenters. The highest BCUT2D eigenvalue weighted by molar-refractivity contribution is 7.19. The summed E-state index contributed by atoms with van der Waals surface area (Å²) in [5.74, 6) is -0.503. The lowest BCUT2D eigenvalue weighted by atomic mass is 10.1. The first-order valence-electron chi connectivity index (χ1n) is 11.4. The molecule has 0 bridgehead atoms. The van der Waals surface area contributed by atoms with E-state index >= 15 is 0 Å². The Labute approximate surface area is 209 Å². The Hall–Kier alpha value is -3.65. The van der Waals surface area contributed by atoms with E-state index in [4.69, 9.17) is 9.47 Å². The number of anilines is 2. The summed E-state index contributed by atoms with van der Waals surface area (Å²) in [5, 5.41) is 6.01. The number of amides is 2. The van der Waals surface area contributed by atoms with Crippen LogP contribution >= 0.6 is 11.3 Å². The van der Waals surface area contributed by atoms with Crippen molar-refractivity contribution in [1.29, 1.82) is 0 Å². The van der Waals surface area contributed by atoms with Gasteiger partial charge in [0.15, 0.2) is 0 Å². The molecule has 0 radical (unpaired) electrons.